The fourth-order valence-corrected chi connectivity index (χ4v) is 3.84. The topological polar surface area (TPSA) is 58.6 Å². The van der Waals surface area contributed by atoms with E-state index in [0.29, 0.717) is 37.5 Å². The Bertz CT molecular complexity index is 348. The molecule has 1 aliphatic carbocycles. The van der Waals surface area contributed by atoms with Crippen LogP contribution >= 0.6 is 0 Å². The normalized spacial score (nSPS) is 28.0. The van der Waals surface area contributed by atoms with Crippen molar-refractivity contribution in [3.8, 4) is 0 Å². The molecule has 0 radical (unpaired) electrons. The van der Waals surface area contributed by atoms with Crippen LogP contribution in [0.3, 0.4) is 0 Å². The molecule has 0 aromatic rings. The maximum absolute atomic E-state index is 12.2. The summed E-state index contributed by atoms with van der Waals surface area (Å²) in [4.78, 5) is 12.2. The standard InChI is InChI=1S/C17H31NO3/c1-16(2)5-3-4-14(11-16)10-15(20)18-12-17(13-19)6-8-21-9-7-17/h14,19H,3-13H2,1-2H3,(H,18,20). The lowest BCUT2D eigenvalue weighted by molar-refractivity contribution is -0.123. The van der Waals surface area contributed by atoms with Gasteiger partial charge in [0.1, 0.15) is 0 Å². The highest BCUT2D eigenvalue weighted by Crippen LogP contribution is 2.39. The van der Waals surface area contributed by atoms with Gasteiger partial charge in [-0.15, -0.1) is 0 Å². The number of hydrogen-bond acceptors (Lipinski definition) is 3. The highest BCUT2D eigenvalue weighted by atomic mass is 16.5. The fourth-order valence-electron chi connectivity index (χ4n) is 3.84. The summed E-state index contributed by atoms with van der Waals surface area (Å²) in [5.74, 6) is 0.672. The zero-order valence-corrected chi connectivity index (χ0v) is 13.6. The molecule has 1 unspecified atom stereocenters. The van der Waals surface area contributed by atoms with Crippen LogP contribution in [-0.2, 0) is 9.53 Å². The van der Waals surface area contributed by atoms with Crippen molar-refractivity contribution in [1.29, 1.82) is 0 Å². The van der Waals surface area contributed by atoms with Crippen LogP contribution in [0.4, 0.5) is 0 Å². The van der Waals surface area contributed by atoms with Crippen LogP contribution < -0.4 is 5.32 Å². The van der Waals surface area contributed by atoms with Gasteiger partial charge < -0.3 is 15.2 Å². The number of rotatable bonds is 5. The highest BCUT2D eigenvalue weighted by Gasteiger charge is 2.33. The van der Waals surface area contributed by atoms with Gasteiger partial charge in [0.25, 0.3) is 0 Å². The molecule has 2 N–H and O–H groups in total. The summed E-state index contributed by atoms with van der Waals surface area (Å²) in [6, 6.07) is 0. The van der Waals surface area contributed by atoms with E-state index in [1.807, 2.05) is 0 Å². The third-order valence-corrected chi connectivity index (χ3v) is 5.33. The molecule has 4 heteroatoms. The number of carbonyl (C=O) groups excluding carboxylic acids is 1. The van der Waals surface area contributed by atoms with Crippen LogP contribution in [0, 0.1) is 16.7 Å². The summed E-state index contributed by atoms with van der Waals surface area (Å²) in [6.07, 6.45) is 7.15. The average Bonchev–Trinajstić information content (AvgIpc) is 2.45. The minimum atomic E-state index is -0.167. The first-order valence-corrected chi connectivity index (χ1v) is 8.40. The molecule has 0 spiro atoms. The number of nitrogens with one attached hydrogen (secondary N) is 1. The SMILES string of the molecule is CC1(C)CCCC(CC(=O)NCC2(CO)CCOCC2)C1. The second kappa shape index (κ2) is 7.10. The smallest absolute Gasteiger partial charge is 0.220 e. The van der Waals surface area contributed by atoms with Crippen molar-refractivity contribution >= 4 is 5.91 Å². The van der Waals surface area contributed by atoms with E-state index in [1.54, 1.807) is 0 Å². The molecule has 0 aromatic carbocycles. The van der Waals surface area contributed by atoms with Crippen LogP contribution in [0.2, 0.25) is 0 Å². The van der Waals surface area contributed by atoms with Crippen molar-refractivity contribution in [1.82, 2.24) is 5.32 Å². The zero-order valence-electron chi connectivity index (χ0n) is 13.6. The third-order valence-electron chi connectivity index (χ3n) is 5.33. The second-order valence-corrected chi connectivity index (χ2v) is 7.88. The Hall–Kier alpha value is -0.610. The molecule has 2 rings (SSSR count). The van der Waals surface area contributed by atoms with Gasteiger partial charge in [0.15, 0.2) is 0 Å². The van der Waals surface area contributed by atoms with Crippen LogP contribution in [0.5, 0.6) is 0 Å². The molecule has 1 saturated heterocycles. The van der Waals surface area contributed by atoms with Gasteiger partial charge in [-0.3, -0.25) is 4.79 Å². The highest BCUT2D eigenvalue weighted by molar-refractivity contribution is 5.76. The first-order valence-electron chi connectivity index (χ1n) is 8.40. The zero-order chi connectivity index (χ0) is 15.3. The second-order valence-electron chi connectivity index (χ2n) is 7.88. The summed E-state index contributed by atoms with van der Waals surface area (Å²) in [7, 11) is 0. The van der Waals surface area contributed by atoms with E-state index in [4.69, 9.17) is 4.74 Å². The van der Waals surface area contributed by atoms with E-state index >= 15 is 0 Å². The van der Waals surface area contributed by atoms with Crippen molar-refractivity contribution in [2.45, 2.75) is 58.8 Å². The predicted molar refractivity (Wildman–Crippen MR) is 82.9 cm³/mol. The number of aliphatic hydroxyl groups is 1. The predicted octanol–water partition coefficient (Wildman–Crippen LogP) is 2.50. The number of carbonyl (C=O) groups is 1. The number of ether oxygens (including phenoxy) is 1. The Morgan fingerprint density at radius 3 is 2.62 bits per heavy atom. The summed E-state index contributed by atoms with van der Waals surface area (Å²) in [5.41, 5.74) is 0.218. The van der Waals surface area contributed by atoms with Gasteiger partial charge in [-0.1, -0.05) is 20.3 Å². The van der Waals surface area contributed by atoms with Crippen LogP contribution in [0.15, 0.2) is 0 Å². The maximum atomic E-state index is 12.2. The third kappa shape index (κ3) is 4.96. The molecule has 0 bridgehead atoms. The lowest BCUT2D eigenvalue weighted by Crippen LogP contribution is -2.44. The molecule has 1 aliphatic heterocycles. The Kier molecular flexibility index (Phi) is 5.67. The summed E-state index contributed by atoms with van der Waals surface area (Å²) >= 11 is 0. The minimum Gasteiger partial charge on any atom is -0.396 e. The van der Waals surface area contributed by atoms with Crippen LogP contribution in [-0.4, -0.2) is 37.4 Å². The quantitative estimate of drug-likeness (QED) is 0.819. The van der Waals surface area contributed by atoms with Gasteiger partial charge in [0.2, 0.25) is 5.91 Å². The molecular weight excluding hydrogens is 266 g/mol. The van der Waals surface area contributed by atoms with Crippen LogP contribution in [0.1, 0.15) is 58.8 Å². The van der Waals surface area contributed by atoms with Crippen molar-refractivity contribution in [3.63, 3.8) is 0 Å². The molecule has 1 amide bonds. The first kappa shape index (κ1) is 16.8. The average molecular weight is 297 g/mol. The van der Waals surface area contributed by atoms with Gasteiger partial charge in [-0.05, 0) is 43.4 Å². The number of aliphatic hydroxyl groups excluding tert-OH is 1. The van der Waals surface area contributed by atoms with Crippen LogP contribution in [0.25, 0.3) is 0 Å². The van der Waals surface area contributed by atoms with Gasteiger partial charge in [-0.2, -0.15) is 0 Å². The van der Waals surface area contributed by atoms with Gasteiger partial charge in [-0.25, -0.2) is 0 Å². The molecule has 1 atom stereocenters. The van der Waals surface area contributed by atoms with E-state index < -0.39 is 0 Å². The van der Waals surface area contributed by atoms with Crippen molar-refractivity contribution in [3.05, 3.63) is 0 Å². The lowest BCUT2D eigenvalue weighted by Gasteiger charge is -2.36. The van der Waals surface area contributed by atoms with Gasteiger partial charge in [0, 0.05) is 31.6 Å². The maximum Gasteiger partial charge on any atom is 0.220 e. The molecule has 21 heavy (non-hydrogen) atoms. The van der Waals surface area contributed by atoms with Gasteiger partial charge in [0.05, 0.1) is 6.61 Å². The fraction of sp³-hybridized carbons (Fsp3) is 0.941. The largest absolute Gasteiger partial charge is 0.396 e. The van der Waals surface area contributed by atoms with Crippen molar-refractivity contribution in [2.24, 2.45) is 16.7 Å². The van der Waals surface area contributed by atoms with E-state index in [1.165, 1.54) is 19.3 Å². The molecule has 2 aliphatic rings. The Balaban J connectivity index is 1.76. The first-order chi connectivity index (χ1) is 9.95. The van der Waals surface area contributed by atoms with Crippen molar-refractivity contribution < 1.29 is 14.6 Å². The Labute approximate surface area is 128 Å². The Morgan fingerprint density at radius 1 is 1.29 bits per heavy atom. The van der Waals surface area contributed by atoms with E-state index in [0.717, 1.165) is 19.3 Å². The van der Waals surface area contributed by atoms with E-state index in [2.05, 4.69) is 19.2 Å². The summed E-state index contributed by atoms with van der Waals surface area (Å²) < 4.78 is 5.35. The summed E-state index contributed by atoms with van der Waals surface area (Å²) in [6.45, 7) is 6.70. The monoisotopic (exact) mass is 297 g/mol. The van der Waals surface area contributed by atoms with Crippen molar-refractivity contribution in [2.75, 3.05) is 26.4 Å². The number of hydrogen-bond donors (Lipinski definition) is 2. The molecule has 4 nitrogen and oxygen atoms in total. The molecular formula is C17H31NO3. The number of amides is 1. The molecule has 1 heterocycles. The van der Waals surface area contributed by atoms with E-state index in [-0.39, 0.29) is 17.9 Å². The molecule has 0 aromatic heterocycles. The summed E-state index contributed by atoms with van der Waals surface area (Å²) in [5, 5.41) is 12.7. The Morgan fingerprint density at radius 2 is 2.00 bits per heavy atom. The lowest BCUT2D eigenvalue weighted by atomic mass is 9.71. The molecule has 2 fully saturated rings. The molecule has 1 saturated carbocycles. The van der Waals surface area contributed by atoms with Gasteiger partial charge >= 0.3 is 0 Å². The molecule has 122 valence electrons. The van der Waals surface area contributed by atoms with E-state index in [9.17, 15) is 9.90 Å². The minimum absolute atomic E-state index is 0.132.